The Morgan fingerprint density at radius 3 is 2.81 bits per heavy atom. The van der Waals surface area contributed by atoms with E-state index < -0.39 is 5.91 Å². The predicted molar refractivity (Wildman–Crippen MR) is 60.4 cm³/mol. The van der Waals surface area contributed by atoms with Crippen molar-refractivity contribution in [3.8, 4) is 0 Å². The molecule has 1 heterocycles. The molecule has 1 atom stereocenters. The fraction of sp³-hybridized carbons (Fsp3) is 0.455. The highest BCUT2D eigenvalue weighted by molar-refractivity contribution is 5.93. The van der Waals surface area contributed by atoms with E-state index in [1.165, 1.54) is 12.3 Å². The van der Waals surface area contributed by atoms with Crippen LogP contribution < -0.4 is 10.7 Å². The van der Waals surface area contributed by atoms with Gasteiger partial charge in [0.05, 0.1) is 12.6 Å². The van der Waals surface area contributed by atoms with E-state index in [1.807, 2.05) is 6.92 Å². The van der Waals surface area contributed by atoms with Gasteiger partial charge in [0.2, 0.25) is 0 Å². The van der Waals surface area contributed by atoms with Gasteiger partial charge in [0.1, 0.15) is 5.56 Å². The lowest BCUT2D eigenvalue weighted by molar-refractivity contribution is 0.0913. The van der Waals surface area contributed by atoms with Gasteiger partial charge in [0.25, 0.3) is 5.91 Å². The van der Waals surface area contributed by atoms with Crippen LogP contribution in [0.5, 0.6) is 0 Å². The Kier molecular flexibility index (Phi) is 4.25. The fourth-order valence-electron chi connectivity index (χ4n) is 1.29. The van der Waals surface area contributed by atoms with Gasteiger partial charge >= 0.3 is 0 Å². The molecule has 0 fully saturated rings. The number of hydrogen-bond donors (Lipinski definition) is 3. The summed E-state index contributed by atoms with van der Waals surface area (Å²) in [5.41, 5.74) is 0.454. The van der Waals surface area contributed by atoms with E-state index in [2.05, 4.69) is 10.3 Å². The van der Waals surface area contributed by atoms with Crippen LogP contribution in [0.25, 0.3) is 0 Å². The summed E-state index contributed by atoms with van der Waals surface area (Å²) in [7, 11) is 0. The minimum atomic E-state index is -0.456. The standard InChI is InChI=1S/C11H16N2O3/c1-3-8(6-14)13-11(16)9-5-12-7(2)4-10(9)15/h4-5,8,14H,3,6H2,1-2H3,(H,12,15)(H,13,16). The Hall–Kier alpha value is -1.62. The molecular formula is C11H16N2O3. The summed E-state index contributed by atoms with van der Waals surface area (Å²) in [6.07, 6.45) is 2.00. The van der Waals surface area contributed by atoms with Gasteiger partial charge in [0, 0.05) is 18.0 Å². The normalized spacial score (nSPS) is 12.2. The van der Waals surface area contributed by atoms with Crippen LogP contribution in [0.1, 0.15) is 29.4 Å². The molecule has 1 rings (SSSR count). The van der Waals surface area contributed by atoms with Crippen LogP contribution >= 0.6 is 0 Å². The molecule has 3 N–H and O–H groups in total. The molecule has 1 amide bonds. The average Bonchev–Trinajstić information content (AvgIpc) is 2.25. The first-order valence-corrected chi connectivity index (χ1v) is 5.19. The van der Waals surface area contributed by atoms with Crippen molar-refractivity contribution in [1.82, 2.24) is 10.3 Å². The zero-order valence-corrected chi connectivity index (χ0v) is 9.41. The number of aromatic nitrogens is 1. The topological polar surface area (TPSA) is 82.2 Å². The number of amides is 1. The van der Waals surface area contributed by atoms with E-state index in [1.54, 1.807) is 6.92 Å². The zero-order chi connectivity index (χ0) is 12.1. The number of carbonyl (C=O) groups is 1. The molecule has 88 valence electrons. The predicted octanol–water partition coefficient (Wildman–Crippen LogP) is 0.184. The van der Waals surface area contributed by atoms with Crippen LogP contribution in [0.15, 0.2) is 17.1 Å². The van der Waals surface area contributed by atoms with Gasteiger partial charge in [-0.15, -0.1) is 0 Å². The molecule has 0 aliphatic rings. The number of aryl methyl sites for hydroxylation is 1. The van der Waals surface area contributed by atoms with E-state index in [9.17, 15) is 9.59 Å². The number of aromatic amines is 1. The molecule has 1 aromatic rings. The largest absolute Gasteiger partial charge is 0.394 e. The van der Waals surface area contributed by atoms with Crippen LogP contribution in [-0.2, 0) is 0 Å². The second-order valence-corrected chi connectivity index (χ2v) is 3.66. The average molecular weight is 224 g/mol. The summed E-state index contributed by atoms with van der Waals surface area (Å²) in [5, 5.41) is 11.5. The summed E-state index contributed by atoms with van der Waals surface area (Å²) in [6, 6.07) is 1.06. The van der Waals surface area contributed by atoms with E-state index in [-0.39, 0.29) is 23.6 Å². The van der Waals surface area contributed by atoms with Crippen molar-refractivity contribution in [2.45, 2.75) is 26.3 Å². The van der Waals surface area contributed by atoms with Gasteiger partial charge in [-0.1, -0.05) is 6.92 Å². The van der Waals surface area contributed by atoms with Gasteiger partial charge in [-0.05, 0) is 13.3 Å². The van der Waals surface area contributed by atoms with Crippen molar-refractivity contribution in [3.05, 3.63) is 33.7 Å². The Morgan fingerprint density at radius 2 is 2.31 bits per heavy atom. The molecule has 0 aromatic carbocycles. The van der Waals surface area contributed by atoms with Crippen molar-refractivity contribution in [3.63, 3.8) is 0 Å². The SMILES string of the molecule is CCC(CO)NC(=O)c1c[nH]c(C)cc1=O. The number of nitrogens with one attached hydrogen (secondary N) is 2. The van der Waals surface area contributed by atoms with Crippen molar-refractivity contribution < 1.29 is 9.90 Å². The minimum Gasteiger partial charge on any atom is -0.394 e. The molecule has 0 aliphatic carbocycles. The lowest BCUT2D eigenvalue weighted by Gasteiger charge is -2.13. The quantitative estimate of drug-likeness (QED) is 0.682. The number of aliphatic hydroxyl groups is 1. The van der Waals surface area contributed by atoms with Gasteiger partial charge in [0.15, 0.2) is 5.43 Å². The molecule has 5 heteroatoms. The van der Waals surface area contributed by atoms with Crippen molar-refractivity contribution in [2.75, 3.05) is 6.61 Å². The second kappa shape index (κ2) is 5.46. The molecule has 16 heavy (non-hydrogen) atoms. The summed E-state index contributed by atoms with van der Waals surface area (Å²) in [4.78, 5) is 26.0. The zero-order valence-electron chi connectivity index (χ0n) is 9.41. The van der Waals surface area contributed by atoms with Crippen LogP contribution in [0.4, 0.5) is 0 Å². The molecule has 1 unspecified atom stereocenters. The highest BCUT2D eigenvalue weighted by atomic mass is 16.3. The highest BCUT2D eigenvalue weighted by Gasteiger charge is 2.13. The first-order chi connectivity index (χ1) is 7.58. The molecule has 0 aliphatic heterocycles. The molecule has 0 radical (unpaired) electrons. The van der Waals surface area contributed by atoms with E-state index in [4.69, 9.17) is 5.11 Å². The maximum absolute atomic E-state index is 11.7. The van der Waals surface area contributed by atoms with E-state index >= 15 is 0 Å². The first-order valence-electron chi connectivity index (χ1n) is 5.19. The highest BCUT2D eigenvalue weighted by Crippen LogP contribution is 1.95. The molecule has 1 aromatic heterocycles. The lowest BCUT2D eigenvalue weighted by Crippen LogP contribution is -2.39. The smallest absolute Gasteiger partial charge is 0.257 e. The minimum absolute atomic E-state index is 0.0671. The van der Waals surface area contributed by atoms with Crippen LogP contribution in [0, 0.1) is 6.92 Å². The van der Waals surface area contributed by atoms with Crippen molar-refractivity contribution in [1.29, 1.82) is 0 Å². The number of pyridine rings is 1. The molecule has 0 spiro atoms. The maximum Gasteiger partial charge on any atom is 0.257 e. The molecular weight excluding hydrogens is 208 g/mol. The monoisotopic (exact) mass is 224 g/mol. The van der Waals surface area contributed by atoms with Crippen molar-refractivity contribution in [2.24, 2.45) is 0 Å². The van der Waals surface area contributed by atoms with Gasteiger partial charge in [-0.3, -0.25) is 9.59 Å². The summed E-state index contributed by atoms with van der Waals surface area (Å²) < 4.78 is 0. The third-order valence-corrected chi connectivity index (χ3v) is 2.35. The Balaban J connectivity index is 2.85. The fourth-order valence-corrected chi connectivity index (χ4v) is 1.29. The second-order valence-electron chi connectivity index (χ2n) is 3.66. The number of hydrogen-bond acceptors (Lipinski definition) is 3. The van der Waals surface area contributed by atoms with Crippen LogP contribution in [0.3, 0.4) is 0 Å². The number of H-pyrrole nitrogens is 1. The molecule has 0 saturated carbocycles. The Morgan fingerprint density at radius 1 is 1.62 bits per heavy atom. The number of rotatable bonds is 4. The molecule has 0 bridgehead atoms. The summed E-state index contributed by atoms with van der Waals surface area (Å²) in [5.74, 6) is -0.456. The summed E-state index contributed by atoms with van der Waals surface area (Å²) >= 11 is 0. The van der Waals surface area contributed by atoms with E-state index in [0.717, 1.165) is 0 Å². The van der Waals surface area contributed by atoms with Crippen LogP contribution in [0.2, 0.25) is 0 Å². The lowest BCUT2D eigenvalue weighted by atomic mass is 10.2. The first kappa shape index (κ1) is 12.4. The van der Waals surface area contributed by atoms with Crippen LogP contribution in [-0.4, -0.2) is 28.6 Å². The third kappa shape index (κ3) is 2.93. The number of aliphatic hydroxyl groups excluding tert-OH is 1. The van der Waals surface area contributed by atoms with Gasteiger partial charge in [-0.25, -0.2) is 0 Å². The molecule has 0 saturated heterocycles. The van der Waals surface area contributed by atoms with Crippen molar-refractivity contribution >= 4 is 5.91 Å². The Bertz CT molecular complexity index is 421. The van der Waals surface area contributed by atoms with Gasteiger partial charge in [-0.2, -0.15) is 0 Å². The van der Waals surface area contributed by atoms with E-state index in [0.29, 0.717) is 12.1 Å². The number of carbonyl (C=O) groups excluding carboxylic acids is 1. The maximum atomic E-state index is 11.7. The summed E-state index contributed by atoms with van der Waals surface area (Å²) in [6.45, 7) is 3.46. The molecule has 5 nitrogen and oxygen atoms in total. The van der Waals surface area contributed by atoms with Gasteiger partial charge < -0.3 is 15.4 Å². The third-order valence-electron chi connectivity index (χ3n) is 2.35. The Labute approximate surface area is 93.5 Å².